The average molecular weight is 731 g/mol. The summed E-state index contributed by atoms with van der Waals surface area (Å²) >= 11 is 15.1. The third-order valence-electron chi connectivity index (χ3n) is 6.73. The van der Waals surface area contributed by atoms with E-state index < -0.39 is 11.2 Å². The van der Waals surface area contributed by atoms with Crippen molar-refractivity contribution in [2.75, 3.05) is 26.3 Å². The van der Waals surface area contributed by atoms with Crippen LogP contribution in [0, 0.1) is 0 Å². The molecule has 0 N–H and O–H groups in total. The van der Waals surface area contributed by atoms with Gasteiger partial charge in [0.15, 0.2) is 0 Å². The van der Waals surface area contributed by atoms with Crippen molar-refractivity contribution in [1.29, 1.82) is 0 Å². The van der Waals surface area contributed by atoms with Gasteiger partial charge in [-0.25, -0.2) is 19.6 Å². The van der Waals surface area contributed by atoms with Gasteiger partial charge in [0.2, 0.25) is 0 Å². The zero-order valence-corrected chi connectivity index (χ0v) is 29.9. The maximum atomic E-state index is 12.2. The van der Waals surface area contributed by atoms with E-state index in [4.69, 9.17) is 42.1 Å². The molecule has 4 rings (SSSR count). The van der Waals surface area contributed by atoms with Crippen LogP contribution in [-0.4, -0.2) is 81.5 Å². The van der Waals surface area contributed by atoms with Crippen LogP contribution in [0.4, 0.5) is 9.59 Å². The van der Waals surface area contributed by atoms with Gasteiger partial charge in [-0.05, 0) is 95.3 Å². The predicted molar refractivity (Wildman–Crippen MR) is 179 cm³/mol. The Balaban J connectivity index is 0.000000246. The average Bonchev–Trinajstić information content (AvgIpc) is 3.62. The lowest BCUT2D eigenvalue weighted by Crippen LogP contribution is -2.42. The smallest absolute Gasteiger partial charge is 0.410 e. The molecule has 13 heteroatoms. The summed E-state index contributed by atoms with van der Waals surface area (Å²) in [5, 5.41) is 0.784. The molecule has 0 radical (unpaired) electrons. The topological polar surface area (TPSA) is 103 Å². The van der Waals surface area contributed by atoms with Crippen LogP contribution in [0.2, 0.25) is 10.3 Å². The van der Waals surface area contributed by atoms with Crippen molar-refractivity contribution in [1.82, 2.24) is 19.8 Å². The van der Waals surface area contributed by atoms with E-state index in [1.54, 1.807) is 40.4 Å². The molecule has 2 atom stereocenters. The number of halogens is 3. The number of carbonyl (C=O) groups is 2. The number of aromatic nitrogens is 2. The van der Waals surface area contributed by atoms with E-state index in [9.17, 15) is 9.59 Å². The normalized spacial score (nSPS) is 18.2. The van der Waals surface area contributed by atoms with Gasteiger partial charge in [-0.1, -0.05) is 35.9 Å². The van der Waals surface area contributed by atoms with Gasteiger partial charge >= 0.3 is 12.2 Å². The van der Waals surface area contributed by atoms with E-state index in [1.165, 1.54) is 0 Å². The molecule has 2 saturated heterocycles. The molecule has 0 aromatic carbocycles. The van der Waals surface area contributed by atoms with Gasteiger partial charge in [-0.3, -0.25) is 0 Å². The van der Waals surface area contributed by atoms with Gasteiger partial charge < -0.3 is 28.7 Å². The molecule has 2 aromatic heterocycles. The highest BCUT2D eigenvalue weighted by atomic mass is 79.9. The third kappa shape index (κ3) is 11.8. The largest absolute Gasteiger partial charge is 0.490 e. The molecule has 0 saturated carbocycles. The van der Waals surface area contributed by atoms with Crippen molar-refractivity contribution in [3.63, 3.8) is 0 Å². The summed E-state index contributed by atoms with van der Waals surface area (Å²) in [6, 6.07) is 3.58. The molecular formula is C32H43BrCl2N4O6. The fourth-order valence-corrected chi connectivity index (χ4v) is 5.29. The number of ether oxygens (including phenoxy) is 4. The quantitative estimate of drug-likeness (QED) is 0.262. The summed E-state index contributed by atoms with van der Waals surface area (Å²) in [4.78, 5) is 36.0. The molecule has 2 amide bonds. The summed E-state index contributed by atoms with van der Waals surface area (Å²) in [5.41, 5.74) is -0.264. The molecule has 248 valence electrons. The SMILES string of the molecule is C=Cc1cc(OC[C@@H]2CCCN2C(=O)OC(C)(C)C)cnc1Cl.CC(C)(C)OC(=O)N1CCC[C@H]1COc1cnc(Cl)c(Br)c1. The molecule has 10 nitrogen and oxygen atoms in total. The van der Waals surface area contributed by atoms with E-state index in [2.05, 4.69) is 32.5 Å². The van der Waals surface area contributed by atoms with Crippen molar-refractivity contribution < 1.29 is 28.5 Å². The molecule has 0 aliphatic carbocycles. The highest BCUT2D eigenvalue weighted by molar-refractivity contribution is 9.10. The van der Waals surface area contributed by atoms with Gasteiger partial charge in [0.1, 0.15) is 46.2 Å². The van der Waals surface area contributed by atoms with Crippen LogP contribution in [0.1, 0.15) is 72.8 Å². The second-order valence-corrected chi connectivity index (χ2v) is 14.3. The van der Waals surface area contributed by atoms with Gasteiger partial charge in [0.25, 0.3) is 0 Å². The van der Waals surface area contributed by atoms with Crippen LogP contribution in [0.5, 0.6) is 11.5 Å². The lowest BCUT2D eigenvalue weighted by Gasteiger charge is -2.28. The number of hydrogen-bond acceptors (Lipinski definition) is 8. The van der Waals surface area contributed by atoms with Crippen LogP contribution in [0.3, 0.4) is 0 Å². The monoisotopic (exact) mass is 728 g/mol. The summed E-state index contributed by atoms with van der Waals surface area (Å²) in [5.74, 6) is 1.23. The number of carbonyl (C=O) groups excluding carboxylic acids is 2. The van der Waals surface area contributed by atoms with E-state index in [0.717, 1.165) is 31.2 Å². The number of nitrogens with zero attached hydrogens (tertiary/aromatic N) is 4. The van der Waals surface area contributed by atoms with Gasteiger partial charge in [-0.15, -0.1) is 0 Å². The number of pyridine rings is 2. The Morgan fingerprint density at radius 1 is 0.867 bits per heavy atom. The lowest BCUT2D eigenvalue weighted by atomic mass is 10.2. The predicted octanol–water partition coefficient (Wildman–Crippen LogP) is 8.43. The molecule has 2 fully saturated rings. The zero-order chi connectivity index (χ0) is 33.4. The van der Waals surface area contributed by atoms with Crippen molar-refractivity contribution in [2.45, 2.75) is 90.5 Å². The molecule has 2 aromatic rings. The summed E-state index contributed by atoms with van der Waals surface area (Å²) in [6.07, 6.45) is 7.90. The van der Waals surface area contributed by atoms with E-state index in [1.807, 2.05) is 41.5 Å². The first-order valence-electron chi connectivity index (χ1n) is 14.9. The minimum atomic E-state index is -0.496. The number of hydrogen-bond donors (Lipinski definition) is 0. The van der Waals surface area contributed by atoms with Crippen LogP contribution in [-0.2, 0) is 9.47 Å². The third-order valence-corrected chi connectivity index (χ3v) is 8.18. The maximum absolute atomic E-state index is 12.2. The van der Waals surface area contributed by atoms with E-state index in [0.29, 0.717) is 52.6 Å². The summed E-state index contributed by atoms with van der Waals surface area (Å²) in [7, 11) is 0. The van der Waals surface area contributed by atoms with Crippen LogP contribution >= 0.6 is 39.1 Å². The van der Waals surface area contributed by atoms with Gasteiger partial charge in [0, 0.05) is 18.7 Å². The molecule has 2 aliphatic rings. The summed E-state index contributed by atoms with van der Waals surface area (Å²) < 4.78 is 23.1. The highest BCUT2D eigenvalue weighted by Gasteiger charge is 2.33. The summed E-state index contributed by atoms with van der Waals surface area (Å²) in [6.45, 7) is 17.1. The fraction of sp³-hybridized carbons (Fsp3) is 0.562. The number of rotatable bonds is 7. The first-order valence-corrected chi connectivity index (χ1v) is 16.4. The Morgan fingerprint density at radius 2 is 1.31 bits per heavy atom. The van der Waals surface area contributed by atoms with Crippen molar-refractivity contribution in [3.8, 4) is 11.5 Å². The lowest BCUT2D eigenvalue weighted by molar-refractivity contribution is 0.0177. The number of amides is 2. The van der Waals surface area contributed by atoms with Crippen LogP contribution in [0.25, 0.3) is 6.08 Å². The highest BCUT2D eigenvalue weighted by Crippen LogP contribution is 2.27. The minimum absolute atomic E-state index is 0.00714. The molecule has 0 bridgehead atoms. The van der Waals surface area contributed by atoms with Crippen molar-refractivity contribution in [3.05, 3.63) is 51.4 Å². The standard InChI is InChI=1S/C17H23ClN2O3.C15H20BrClN2O3/c1-5-12-9-14(10-19-15(12)18)22-11-13-7-6-8-20(13)16(21)23-17(2,3)4;1-15(2,3)22-14(20)19-6-4-5-10(19)9-21-11-7-12(16)13(17)18-8-11/h5,9-10,13H,1,6-8,11H2,2-4H3;7-8,10H,4-6,9H2,1-3H3/t13-;10-/m00/s1. The Bertz CT molecular complexity index is 1330. The molecule has 0 spiro atoms. The van der Waals surface area contributed by atoms with E-state index in [-0.39, 0.29) is 24.3 Å². The second kappa shape index (κ2) is 16.2. The van der Waals surface area contributed by atoms with Crippen molar-refractivity contribution in [2.24, 2.45) is 0 Å². The Morgan fingerprint density at radius 3 is 1.73 bits per heavy atom. The van der Waals surface area contributed by atoms with Gasteiger partial charge in [0.05, 0.1) is 29.0 Å². The van der Waals surface area contributed by atoms with E-state index >= 15 is 0 Å². The molecule has 45 heavy (non-hydrogen) atoms. The first kappa shape index (κ1) is 36.7. The second-order valence-electron chi connectivity index (χ2n) is 12.8. The van der Waals surface area contributed by atoms with Gasteiger partial charge in [-0.2, -0.15) is 0 Å². The van der Waals surface area contributed by atoms with Crippen LogP contribution in [0.15, 0.2) is 35.6 Å². The molecule has 4 heterocycles. The Labute approximate surface area is 284 Å². The molecular weight excluding hydrogens is 687 g/mol. The Kier molecular flexibility index (Phi) is 13.2. The fourth-order valence-electron chi connectivity index (χ4n) is 4.67. The Hall–Kier alpha value is -2.76. The minimum Gasteiger partial charge on any atom is -0.490 e. The zero-order valence-electron chi connectivity index (χ0n) is 26.8. The maximum Gasteiger partial charge on any atom is 0.410 e. The van der Waals surface area contributed by atoms with Crippen LogP contribution < -0.4 is 9.47 Å². The first-order chi connectivity index (χ1) is 21.1. The number of likely N-dealkylation sites (tertiary alicyclic amines) is 2. The van der Waals surface area contributed by atoms with Crippen molar-refractivity contribution >= 4 is 57.4 Å². The molecule has 0 unspecified atom stereocenters. The molecule has 2 aliphatic heterocycles.